The van der Waals surface area contributed by atoms with E-state index >= 15 is 0 Å². The highest BCUT2D eigenvalue weighted by molar-refractivity contribution is 6.31. The van der Waals surface area contributed by atoms with Gasteiger partial charge in [-0.3, -0.25) is 4.99 Å². The molecule has 0 N–H and O–H groups in total. The second-order valence-electron chi connectivity index (χ2n) is 6.10. The fourth-order valence-corrected chi connectivity index (χ4v) is 3.11. The molecule has 1 heterocycles. The molecule has 0 spiro atoms. The van der Waals surface area contributed by atoms with Crippen LogP contribution in [0.15, 0.2) is 53.5 Å². The summed E-state index contributed by atoms with van der Waals surface area (Å²) in [6, 6.07) is 16.9. The van der Waals surface area contributed by atoms with Gasteiger partial charge in [-0.05, 0) is 51.2 Å². The fraction of sp³-hybridized carbons (Fsp3) is 0.316. The van der Waals surface area contributed by atoms with Gasteiger partial charge < -0.3 is 4.90 Å². The molecule has 114 valence electrons. The van der Waals surface area contributed by atoms with Crippen molar-refractivity contribution in [3.8, 4) is 0 Å². The molecule has 22 heavy (non-hydrogen) atoms. The first-order chi connectivity index (χ1) is 10.6. The molecule has 1 unspecified atom stereocenters. The van der Waals surface area contributed by atoms with Gasteiger partial charge in [0.05, 0.1) is 11.8 Å². The van der Waals surface area contributed by atoms with E-state index < -0.39 is 0 Å². The van der Waals surface area contributed by atoms with Crippen LogP contribution in [0.4, 0.5) is 0 Å². The van der Waals surface area contributed by atoms with E-state index in [0.717, 1.165) is 35.7 Å². The summed E-state index contributed by atoms with van der Waals surface area (Å²) < 4.78 is 0. The molecule has 3 heteroatoms. The van der Waals surface area contributed by atoms with Crippen molar-refractivity contribution in [1.29, 1.82) is 0 Å². The third kappa shape index (κ3) is 3.40. The first-order valence-electron chi connectivity index (χ1n) is 7.70. The van der Waals surface area contributed by atoms with Crippen LogP contribution in [0.3, 0.4) is 0 Å². The molecule has 0 radical (unpaired) electrons. The smallest absolute Gasteiger partial charge is 0.0725 e. The lowest BCUT2D eigenvalue weighted by molar-refractivity contribution is 0.379. The summed E-state index contributed by atoms with van der Waals surface area (Å²) in [6.45, 7) is 1.05. The second-order valence-corrected chi connectivity index (χ2v) is 6.53. The summed E-state index contributed by atoms with van der Waals surface area (Å²) in [5.41, 5.74) is 4.81. The minimum Gasteiger partial charge on any atom is -0.309 e. The molecule has 3 rings (SSSR count). The van der Waals surface area contributed by atoms with Crippen molar-refractivity contribution in [3.63, 3.8) is 0 Å². The Labute approximate surface area is 137 Å². The van der Waals surface area contributed by atoms with Gasteiger partial charge in [0.15, 0.2) is 0 Å². The maximum Gasteiger partial charge on any atom is 0.0725 e. The van der Waals surface area contributed by atoms with E-state index in [4.69, 9.17) is 16.6 Å². The molecule has 0 fully saturated rings. The van der Waals surface area contributed by atoms with Crippen molar-refractivity contribution in [1.82, 2.24) is 4.90 Å². The number of fused-ring (bicyclic) bond motifs is 1. The molecule has 1 aliphatic heterocycles. The number of halogens is 1. The highest BCUT2D eigenvalue weighted by Crippen LogP contribution is 2.26. The largest absolute Gasteiger partial charge is 0.309 e. The van der Waals surface area contributed by atoms with E-state index in [1.165, 1.54) is 11.1 Å². The van der Waals surface area contributed by atoms with Crippen LogP contribution in [0.1, 0.15) is 23.1 Å². The average molecular weight is 313 g/mol. The minimum absolute atomic E-state index is 0.339. The van der Waals surface area contributed by atoms with Gasteiger partial charge in [-0.2, -0.15) is 0 Å². The minimum atomic E-state index is 0.339. The first-order valence-corrected chi connectivity index (χ1v) is 8.08. The van der Waals surface area contributed by atoms with Crippen LogP contribution in [-0.2, 0) is 6.42 Å². The topological polar surface area (TPSA) is 15.6 Å². The Morgan fingerprint density at radius 3 is 2.73 bits per heavy atom. The van der Waals surface area contributed by atoms with Crippen LogP contribution in [0.5, 0.6) is 0 Å². The van der Waals surface area contributed by atoms with Crippen molar-refractivity contribution in [2.75, 3.05) is 20.6 Å². The first kappa shape index (κ1) is 15.3. The molecule has 2 aromatic rings. The van der Waals surface area contributed by atoms with Crippen LogP contribution in [0.2, 0.25) is 5.02 Å². The summed E-state index contributed by atoms with van der Waals surface area (Å²) in [5.74, 6) is 0. The van der Waals surface area contributed by atoms with Crippen LogP contribution >= 0.6 is 11.6 Å². The van der Waals surface area contributed by atoms with Gasteiger partial charge >= 0.3 is 0 Å². The quantitative estimate of drug-likeness (QED) is 0.831. The lowest BCUT2D eigenvalue weighted by Gasteiger charge is -2.25. The summed E-state index contributed by atoms with van der Waals surface area (Å²) in [7, 11) is 4.22. The van der Waals surface area contributed by atoms with Gasteiger partial charge in [0.25, 0.3) is 0 Å². The number of hydrogen-bond donors (Lipinski definition) is 0. The van der Waals surface area contributed by atoms with E-state index in [9.17, 15) is 0 Å². The summed E-state index contributed by atoms with van der Waals surface area (Å²) in [5, 5.41) is 0.757. The monoisotopic (exact) mass is 312 g/mol. The number of benzene rings is 2. The van der Waals surface area contributed by atoms with Crippen LogP contribution in [0.25, 0.3) is 0 Å². The number of aliphatic imine (C=N–C) groups is 1. The third-order valence-electron chi connectivity index (χ3n) is 4.05. The Kier molecular flexibility index (Phi) is 4.60. The Bertz CT molecular complexity index is 691. The van der Waals surface area contributed by atoms with E-state index in [0.29, 0.717) is 6.04 Å². The predicted molar refractivity (Wildman–Crippen MR) is 94.2 cm³/mol. The van der Waals surface area contributed by atoms with Crippen molar-refractivity contribution in [3.05, 3.63) is 70.2 Å². The fourth-order valence-electron chi connectivity index (χ4n) is 2.92. The van der Waals surface area contributed by atoms with Crippen molar-refractivity contribution in [2.45, 2.75) is 18.9 Å². The normalized spacial score (nSPS) is 17.3. The molecule has 0 saturated carbocycles. The SMILES string of the molecule is CN(C)CCC1Cc2ccccc2C(c2cccc(Cl)c2)=N1. The second kappa shape index (κ2) is 6.64. The molecular weight excluding hydrogens is 292 g/mol. The van der Waals surface area contributed by atoms with Gasteiger partial charge in [-0.1, -0.05) is 48.0 Å². The molecule has 0 aliphatic carbocycles. The van der Waals surface area contributed by atoms with Crippen LogP contribution in [-0.4, -0.2) is 37.3 Å². The van der Waals surface area contributed by atoms with Gasteiger partial charge in [-0.15, -0.1) is 0 Å². The highest BCUT2D eigenvalue weighted by Gasteiger charge is 2.21. The van der Waals surface area contributed by atoms with Crippen LogP contribution < -0.4 is 0 Å². The van der Waals surface area contributed by atoms with Crippen molar-refractivity contribution >= 4 is 17.3 Å². The maximum absolute atomic E-state index is 6.17. The molecule has 0 aromatic heterocycles. The predicted octanol–water partition coefficient (Wildman–Crippen LogP) is 4.05. The molecule has 0 amide bonds. The Balaban J connectivity index is 1.98. The van der Waals surface area contributed by atoms with Gasteiger partial charge in [-0.25, -0.2) is 0 Å². The summed E-state index contributed by atoms with van der Waals surface area (Å²) in [4.78, 5) is 7.26. The Hall–Kier alpha value is -1.64. The molecule has 1 aliphatic rings. The third-order valence-corrected chi connectivity index (χ3v) is 4.28. The molecule has 1 atom stereocenters. The van der Waals surface area contributed by atoms with Crippen molar-refractivity contribution in [2.24, 2.45) is 4.99 Å². The maximum atomic E-state index is 6.17. The molecule has 0 bridgehead atoms. The average Bonchev–Trinajstić information content (AvgIpc) is 2.52. The van der Waals surface area contributed by atoms with E-state index in [-0.39, 0.29) is 0 Å². The summed E-state index contributed by atoms with van der Waals surface area (Å²) in [6.07, 6.45) is 2.10. The lowest BCUT2D eigenvalue weighted by Crippen LogP contribution is -2.25. The molecule has 2 nitrogen and oxygen atoms in total. The van der Waals surface area contributed by atoms with Gasteiger partial charge in [0, 0.05) is 16.1 Å². The Morgan fingerprint density at radius 2 is 1.95 bits per heavy atom. The molecular formula is C19H21ClN2. The van der Waals surface area contributed by atoms with Crippen molar-refractivity contribution < 1.29 is 0 Å². The van der Waals surface area contributed by atoms with Gasteiger partial charge in [0.1, 0.15) is 0 Å². The number of rotatable bonds is 4. The van der Waals surface area contributed by atoms with E-state index in [1.54, 1.807) is 0 Å². The Morgan fingerprint density at radius 1 is 1.14 bits per heavy atom. The highest BCUT2D eigenvalue weighted by atomic mass is 35.5. The molecule has 0 saturated heterocycles. The van der Waals surface area contributed by atoms with Crippen LogP contribution in [0, 0.1) is 0 Å². The zero-order valence-electron chi connectivity index (χ0n) is 13.1. The van der Waals surface area contributed by atoms with E-state index in [1.807, 2.05) is 18.2 Å². The summed E-state index contributed by atoms with van der Waals surface area (Å²) >= 11 is 6.17. The number of hydrogen-bond acceptors (Lipinski definition) is 2. The number of nitrogens with zero attached hydrogens (tertiary/aromatic N) is 2. The lowest BCUT2D eigenvalue weighted by atomic mass is 9.89. The zero-order chi connectivity index (χ0) is 15.5. The standard InChI is InChI=1S/C19H21ClN2/c1-22(2)11-10-17-13-14-6-3-4-9-18(14)19(21-17)15-7-5-8-16(20)12-15/h3-9,12,17H,10-11,13H2,1-2H3. The molecule has 2 aromatic carbocycles. The zero-order valence-corrected chi connectivity index (χ0v) is 13.8. The van der Waals surface area contributed by atoms with E-state index in [2.05, 4.69) is 49.3 Å². The van der Waals surface area contributed by atoms with Gasteiger partial charge in [0.2, 0.25) is 0 Å².